The van der Waals surface area contributed by atoms with Gasteiger partial charge < -0.3 is 5.32 Å². The van der Waals surface area contributed by atoms with Crippen LogP contribution in [0.2, 0.25) is 0 Å². The number of aromatic nitrogens is 2. The highest BCUT2D eigenvalue weighted by molar-refractivity contribution is 9.10. The van der Waals surface area contributed by atoms with Crippen LogP contribution in [0.15, 0.2) is 39.8 Å². The Bertz CT molecular complexity index is 554. The van der Waals surface area contributed by atoms with Crippen LogP contribution in [0, 0.1) is 5.82 Å². The molecule has 6 heteroatoms. The highest BCUT2D eigenvalue weighted by Gasteiger charge is 2.18. The van der Waals surface area contributed by atoms with Crippen molar-refractivity contribution in [2.75, 3.05) is 12.3 Å². The van der Waals surface area contributed by atoms with E-state index in [1.807, 2.05) is 17.8 Å². The van der Waals surface area contributed by atoms with Crippen LogP contribution in [0.4, 0.5) is 4.39 Å². The van der Waals surface area contributed by atoms with E-state index in [0.717, 1.165) is 27.4 Å². The lowest BCUT2D eigenvalue weighted by Crippen LogP contribution is -2.25. The van der Waals surface area contributed by atoms with Gasteiger partial charge in [-0.2, -0.15) is 5.10 Å². The van der Waals surface area contributed by atoms with Crippen molar-refractivity contribution in [2.45, 2.75) is 17.9 Å². The quantitative estimate of drug-likeness (QED) is 0.798. The van der Waals surface area contributed by atoms with Crippen molar-refractivity contribution < 1.29 is 4.39 Å². The molecule has 0 aliphatic rings. The molecule has 0 saturated carbocycles. The molecule has 0 radical (unpaired) electrons. The molecule has 0 saturated heterocycles. The number of aryl methyl sites for hydroxylation is 1. The number of thioether (sulfide) groups is 1. The average Bonchev–Trinajstić information content (AvgIpc) is 2.75. The average molecular weight is 358 g/mol. The third-order valence-electron chi connectivity index (χ3n) is 2.93. The van der Waals surface area contributed by atoms with E-state index in [2.05, 4.69) is 33.3 Å². The van der Waals surface area contributed by atoms with Crippen molar-refractivity contribution in [1.29, 1.82) is 0 Å². The van der Waals surface area contributed by atoms with Gasteiger partial charge in [-0.05, 0) is 40.7 Å². The first kappa shape index (κ1) is 15.5. The maximum absolute atomic E-state index is 13.2. The molecule has 108 valence electrons. The van der Waals surface area contributed by atoms with Gasteiger partial charge in [-0.1, -0.05) is 13.0 Å². The summed E-state index contributed by atoms with van der Waals surface area (Å²) < 4.78 is 16.0. The third-order valence-corrected chi connectivity index (χ3v) is 4.63. The molecule has 1 atom stereocenters. The first-order valence-corrected chi connectivity index (χ1v) is 8.18. The Morgan fingerprint density at radius 3 is 2.90 bits per heavy atom. The highest BCUT2D eigenvalue weighted by atomic mass is 79.9. The second-order valence-corrected chi connectivity index (χ2v) is 6.33. The first-order chi connectivity index (χ1) is 9.61. The van der Waals surface area contributed by atoms with E-state index in [1.54, 1.807) is 30.1 Å². The Hall–Kier alpha value is -0.850. The van der Waals surface area contributed by atoms with Gasteiger partial charge in [0.1, 0.15) is 5.82 Å². The molecule has 1 unspecified atom stereocenters. The molecule has 1 aromatic carbocycles. The zero-order chi connectivity index (χ0) is 14.5. The van der Waals surface area contributed by atoms with Gasteiger partial charge in [0.05, 0.1) is 22.4 Å². The number of hydrogen-bond acceptors (Lipinski definition) is 3. The number of benzene rings is 1. The van der Waals surface area contributed by atoms with Crippen molar-refractivity contribution in [3.63, 3.8) is 0 Å². The zero-order valence-electron chi connectivity index (χ0n) is 11.4. The SMILES string of the molecule is CCNC(CSc1cccc(F)c1)c1c(Br)cnn1C. The van der Waals surface area contributed by atoms with Crippen LogP contribution in [-0.4, -0.2) is 22.1 Å². The van der Waals surface area contributed by atoms with Gasteiger partial charge >= 0.3 is 0 Å². The lowest BCUT2D eigenvalue weighted by molar-refractivity contribution is 0.551. The van der Waals surface area contributed by atoms with E-state index in [1.165, 1.54) is 6.07 Å². The molecule has 0 spiro atoms. The van der Waals surface area contributed by atoms with E-state index in [0.29, 0.717) is 0 Å². The van der Waals surface area contributed by atoms with Gasteiger partial charge in [-0.3, -0.25) is 4.68 Å². The molecule has 3 nitrogen and oxygen atoms in total. The minimum atomic E-state index is -0.197. The van der Waals surface area contributed by atoms with Gasteiger partial charge in [0.25, 0.3) is 0 Å². The number of rotatable bonds is 6. The summed E-state index contributed by atoms with van der Waals surface area (Å²) in [7, 11) is 1.93. The molecule has 1 N–H and O–H groups in total. The minimum Gasteiger partial charge on any atom is -0.308 e. The molecule has 20 heavy (non-hydrogen) atoms. The van der Waals surface area contributed by atoms with Crippen molar-refractivity contribution in [2.24, 2.45) is 7.05 Å². The number of nitrogens with one attached hydrogen (secondary N) is 1. The minimum absolute atomic E-state index is 0.162. The van der Waals surface area contributed by atoms with Gasteiger partial charge in [-0.25, -0.2) is 4.39 Å². The van der Waals surface area contributed by atoms with Crippen LogP contribution in [-0.2, 0) is 7.05 Å². The largest absolute Gasteiger partial charge is 0.308 e. The number of halogens is 2. The van der Waals surface area contributed by atoms with E-state index < -0.39 is 0 Å². The molecular weight excluding hydrogens is 341 g/mol. The number of hydrogen-bond donors (Lipinski definition) is 1. The normalized spacial score (nSPS) is 12.6. The zero-order valence-corrected chi connectivity index (χ0v) is 13.8. The topological polar surface area (TPSA) is 29.9 Å². The Morgan fingerprint density at radius 2 is 2.30 bits per heavy atom. The number of nitrogens with zero attached hydrogens (tertiary/aromatic N) is 2. The highest BCUT2D eigenvalue weighted by Crippen LogP contribution is 2.28. The van der Waals surface area contributed by atoms with Gasteiger partial charge in [0, 0.05) is 17.7 Å². The van der Waals surface area contributed by atoms with E-state index in [9.17, 15) is 4.39 Å². The van der Waals surface area contributed by atoms with Crippen LogP contribution in [0.5, 0.6) is 0 Å². The summed E-state index contributed by atoms with van der Waals surface area (Å²) in [6.45, 7) is 2.94. The molecule has 1 aromatic heterocycles. The van der Waals surface area contributed by atoms with Crippen LogP contribution in [0.3, 0.4) is 0 Å². The monoisotopic (exact) mass is 357 g/mol. The fourth-order valence-electron chi connectivity index (χ4n) is 2.03. The molecule has 0 amide bonds. The van der Waals surface area contributed by atoms with Gasteiger partial charge in [0.15, 0.2) is 0 Å². The standard InChI is InChI=1S/C14H17BrFN3S/c1-3-17-13(14-12(15)8-18-19(14)2)9-20-11-6-4-5-10(16)7-11/h4-8,13,17H,3,9H2,1-2H3. The van der Waals surface area contributed by atoms with Crippen molar-refractivity contribution in [3.8, 4) is 0 Å². The first-order valence-electron chi connectivity index (χ1n) is 6.41. The summed E-state index contributed by atoms with van der Waals surface area (Å²) in [6, 6.07) is 6.85. The van der Waals surface area contributed by atoms with Crippen molar-refractivity contribution in [3.05, 3.63) is 46.4 Å². The van der Waals surface area contributed by atoms with Crippen LogP contribution >= 0.6 is 27.7 Å². The maximum atomic E-state index is 13.2. The molecule has 1 heterocycles. The summed E-state index contributed by atoms with van der Waals surface area (Å²) in [5.74, 6) is 0.617. The second kappa shape index (κ2) is 7.24. The summed E-state index contributed by atoms with van der Waals surface area (Å²) in [5, 5.41) is 7.70. The van der Waals surface area contributed by atoms with Crippen LogP contribution < -0.4 is 5.32 Å². The summed E-state index contributed by atoms with van der Waals surface area (Å²) in [5.41, 5.74) is 1.11. The molecule has 2 aromatic rings. The molecule has 0 aliphatic carbocycles. The molecule has 0 fully saturated rings. The van der Waals surface area contributed by atoms with E-state index in [4.69, 9.17) is 0 Å². The Labute approximate surface area is 131 Å². The van der Waals surface area contributed by atoms with E-state index in [-0.39, 0.29) is 11.9 Å². The van der Waals surface area contributed by atoms with E-state index >= 15 is 0 Å². The Morgan fingerprint density at radius 1 is 1.50 bits per heavy atom. The molecular formula is C14H17BrFN3S. The lowest BCUT2D eigenvalue weighted by Gasteiger charge is -2.18. The lowest BCUT2D eigenvalue weighted by atomic mass is 10.2. The molecule has 0 bridgehead atoms. The summed E-state index contributed by atoms with van der Waals surface area (Å²) in [6.07, 6.45) is 1.80. The fourth-order valence-corrected chi connectivity index (χ4v) is 3.66. The predicted molar refractivity (Wildman–Crippen MR) is 84.4 cm³/mol. The van der Waals surface area contributed by atoms with Crippen molar-refractivity contribution >= 4 is 27.7 Å². The molecule has 0 aliphatic heterocycles. The van der Waals surface area contributed by atoms with Gasteiger partial charge in [0.2, 0.25) is 0 Å². The van der Waals surface area contributed by atoms with Crippen molar-refractivity contribution in [1.82, 2.24) is 15.1 Å². The Kier molecular flexibility index (Phi) is 5.63. The summed E-state index contributed by atoms with van der Waals surface area (Å²) >= 11 is 5.17. The second-order valence-electron chi connectivity index (χ2n) is 4.38. The fraction of sp³-hybridized carbons (Fsp3) is 0.357. The summed E-state index contributed by atoms with van der Waals surface area (Å²) in [4.78, 5) is 0.936. The molecule has 2 rings (SSSR count). The third kappa shape index (κ3) is 3.84. The predicted octanol–water partition coefficient (Wildman–Crippen LogP) is 3.76. The maximum Gasteiger partial charge on any atom is 0.124 e. The van der Waals surface area contributed by atoms with Crippen LogP contribution in [0.25, 0.3) is 0 Å². The Balaban J connectivity index is 2.10. The smallest absolute Gasteiger partial charge is 0.124 e. The van der Waals surface area contributed by atoms with Crippen LogP contribution in [0.1, 0.15) is 18.7 Å². The van der Waals surface area contributed by atoms with Gasteiger partial charge in [-0.15, -0.1) is 11.8 Å².